The van der Waals surface area contributed by atoms with Gasteiger partial charge in [-0.15, -0.1) is 0 Å². The van der Waals surface area contributed by atoms with Gasteiger partial charge in [0, 0.05) is 51.4 Å². The van der Waals surface area contributed by atoms with Gasteiger partial charge in [0.1, 0.15) is 17.6 Å². The fourth-order valence-corrected chi connectivity index (χ4v) is 5.78. The minimum Gasteiger partial charge on any atom is -0.509 e. The molecule has 2 rings (SSSR count). The molecule has 0 spiro atoms. The van der Waals surface area contributed by atoms with Crippen LogP contribution in [-0.2, 0) is 33.3 Å². The summed E-state index contributed by atoms with van der Waals surface area (Å²) in [5.74, 6) is -0.786. The molecule has 0 aromatic rings. The van der Waals surface area contributed by atoms with Gasteiger partial charge in [0.05, 0.1) is 19.5 Å². The number of nitrogens with one attached hydrogen (secondary N) is 1. The summed E-state index contributed by atoms with van der Waals surface area (Å²) < 4.78 is 22.8. The van der Waals surface area contributed by atoms with E-state index in [1.807, 2.05) is 18.2 Å². The molecule has 2 heterocycles. The van der Waals surface area contributed by atoms with Gasteiger partial charge in [-0.1, -0.05) is 89.4 Å². The van der Waals surface area contributed by atoms with Crippen molar-refractivity contribution >= 4 is 17.7 Å². The fraction of sp³-hybridized carbons (Fsp3) is 0.356. The highest BCUT2D eigenvalue weighted by atomic mass is 16.5. The Bertz CT molecular complexity index is 1650. The molecule has 0 aromatic heterocycles. The average molecular weight is 755 g/mol. The normalized spacial score (nSPS) is 17.8. The van der Waals surface area contributed by atoms with Gasteiger partial charge >= 0.3 is 0 Å². The van der Waals surface area contributed by atoms with E-state index in [1.54, 1.807) is 36.6 Å². The Labute approximate surface area is 327 Å². The van der Waals surface area contributed by atoms with Crippen molar-refractivity contribution in [3.05, 3.63) is 158 Å². The largest absolute Gasteiger partial charge is 0.509 e. The molecule has 2 aliphatic heterocycles. The second kappa shape index (κ2) is 25.5. The zero-order valence-electron chi connectivity index (χ0n) is 32.5. The smallest absolute Gasteiger partial charge is 0.254 e. The number of piperidine rings is 1. The Hall–Kier alpha value is -5.45. The number of likely N-dealkylation sites (tertiary alicyclic amines) is 1. The molecule has 2 saturated heterocycles. The maximum atomic E-state index is 12.7. The lowest BCUT2D eigenvalue weighted by atomic mass is 9.87. The van der Waals surface area contributed by atoms with Crippen LogP contribution in [0.15, 0.2) is 158 Å². The molecular formula is C45H58N2O8. The predicted molar refractivity (Wildman–Crippen MR) is 220 cm³/mol. The first-order chi connectivity index (χ1) is 26.5. The van der Waals surface area contributed by atoms with Gasteiger partial charge in [-0.25, -0.2) is 0 Å². The number of amides is 3. The van der Waals surface area contributed by atoms with E-state index in [2.05, 4.69) is 58.3 Å². The van der Waals surface area contributed by atoms with Crippen LogP contribution in [0, 0.1) is 0 Å². The molecule has 0 saturated carbocycles. The molecule has 2 N–H and O–H groups in total. The molecular weight excluding hydrogens is 697 g/mol. The number of hydrogen-bond acceptors (Lipinski definition) is 8. The number of unbranched alkanes of at least 4 members (excludes halogenated alkanes) is 1. The summed E-state index contributed by atoms with van der Waals surface area (Å²) in [4.78, 5) is 37.8. The fourth-order valence-electron chi connectivity index (χ4n) is 5.78. The number of allylic oxidation sites excluding steroid dienone is 14. The van der Waals surface area contributed by atoms with Crippen molar-refractivity contribution in [2.24, 2.45) is 0 Å². The molecule has 0 bridgehead atoms. The van der Waals surface area contributed by atoms with Gasteiger partial charge in [0.2, 0.25) is 11.8 Å². The van der Waals surface area contributed by atoms with E-state index in [9.17, 15) is 19.5 Å². The third-order valence-electron chi connectivity index (χ3n) is 8.55. The highest BCUT2D eigenvalue weighted by Crippen LogP contribution is 2.31. The first-order valence-electron chi connectivity index (χ1n) is 18.6. The molecule has 3 amide bonds. The van der Waals surface area contributed by atoms with Crippen LogP contribution in [0.3, 0.4) is 0 Å². The van der Waals surface area contributed by atoms with E-state index in [0.29, 0.717) is 81.4 Å². The number of rotatable bonds is 27. The van der Waals surface area contributed by atoms with Gasteiger partial charge in [-0.2, -0.15) is 0 Å². The first kappa shape index (κ1) is 45.7. The highest BCUT2D eigenvalue weighted by Gasteiger charge is 2.40. The van der Waals surface area contributed by atoms with Gasteiger partial charge in [-0.05, 0) is 83.8 Å². The van der Waals surface area contributed by atoms with Crippen molar-refractivity contribution in [1.29, 1.82) is 0 Å². The SMILES string of the molecule is C=C/C=C(C=C)/C(CC)=C(C(=C)/C=C\C(=C)O)\C(C=C)=C\C=C\OCCCCOCCCOCCCOC(=C)/C=C1/CN(C2CCC(=O)NC2=O)C(=O)C1=C. The lowest BCUT2D eigenvalue weighted by molar-refractivity contribution is -0.142. The summed E-state index contributed by atoms with van der Waals surface area (Å²) in [5, 5.41) is 11.9. The molecule has 55 heavy (non-hydrogen) atoms. The molecule has 1 atom stereocenters. The minimum absolute atomic E-state index is 0.0628. The monoisotopic (exact) mass is 754 g/mol. The van der Waals surface area contributed by atoms with Crippen molar-refractivity contribution in [1.82, 2.24) is 10.2 Å². The third kappa shape index (κ3) is 15.8. The number of nitrogens with zero attached hydrogens (tertiary/aromatic N) is 1. The molecule has 10 heteroatoms. The average Bonchev–Trinajstić information content (AvgIpc) is 3.43. The number of carbonyl (C=O) groups excluding carboxylic acids is 3. The van der Waals surface area contributed by atoms with Crippen molar-refractivity contribution in [2.45, 2.75) is 57.9 Å². The van der Waals surface area contributed by atoms with Crippen LogP contribution in [0.25, 0.3) is 0 Å². The maximum absolute atomic E-state index is 12.7. The molecule has 0 aromatic carbocycles. The van der Waals surface area contributed by atoms with E-state index in [0.717, 1.165) is 41.6 Å². The first-order valence-corrected chi connectivity index (χ1v) is 18.6. The van der Waals surface area contributed by atoms with Crippen molar-refractivity contribution in [3.63, 3.8) is 0 Å². The summed E-state index contributed by atoms with van der Waals surface area (Å²) in [6.07, 6.45) is 21.8. The predicted octanol–water partition coefficient (Wildman–Crippen LogP) is 8.07. The van der Waals surface area contributed by atoms with Crippen molar-refractivity contribution in [2.75, 3.05) is 46.2 Å². The number of ether oxygens (including phenoxy) is 4. The standard InChI is InChI=1S/C45H58N2O8/c1-9-18-37(10-2)40(12-4)43(33(5)20-21-34(6)48)38(11-3)19-15-26-52-24-13-14-25-53-27-16-28-54-29-17-30-55-35(7)31-39-32-47(45(51)36(39)8)41-22-23-42(49)46-44(41)50/h9-11,15,18-21,26,31,41,48H,1-3,5-8,12-14,16-17,22-25,27-30,32H2,4H3,(H,46,49,50)/b21-20-,26-15+,37-18+,38-19+,39-31-,43-40-. The van der Waals surface area contributed by atoms with E-state index >= 15 is 0 Å². The number of aliphatic hydroxyl groups is 1. The quantitative estimate of drug-likeness (QED) is 0.0284. The van der Waals surface area contributed by atoms with E-state index in [1.165, 1.54) is 11.0 Å². The second-order valence-electron chi connectivity index (χ2n) is 12.6. The number of carbonyl (C=O) groups is 3. The molecule has 2 fully saturated rings. The van der Waals surface area contributed by atoms with Crippen LogP contribution < -0.4 is 5.32 Å². The summed E-state index contributed by atoms with van der Waals surface area (Å²) in [6, 6.07) is -0.689. The van der Waals surface area contributed by atoms with E-state index in [-0.39, 0.29) is 30.5 Å². The van der Waals surface area contributed by atoms with Gasteiger partial charge in [-0.3, -0.25) is 19.7 Å². The summed E-state index contributed by atoms with van der Waals surface area (Å²) in [6.45, 7) is 32.9. The zero-order chi connectivity index (χ0) is 40.6. The molecule has 0 aliphatic carbocycles. The molecule has 2 aliphatic rings. The maximum Gasteiger partial charge on any atom is 0.254 e. The number of aliphatic hydroxyl groups excluding tert-OH is 1. The lowest BCUT2D eigenvalue weighted by Crippen LogP contribution is -2.52. The van der Waals surface area contributed by atoms with Crippen LogP contribution >= 0.6 is 0 Å². The number of hydrogen-bond donors (Lipinski definition) is 2. The van der Waals surface area contributed by atoms with Crippen molar-refractivity contribution < 1.29 is 38.4 Å². The van der Waals surface area contributed by atoms with Gasteiger partial charge in [0.15, 0.2) is 0 Å². The van der Waals surface area contributed by atoms with Gasteiger partial charge < -0.3 is 29.0 Å². The second-order valence-corrected chi connectivity index (χ2v) is 12.6. The Morgan fingerprint density at radius 1 is 0.891 bits per heavy atom. The van der Waals surface area contributed by atoms with Crippen LogP contribution in [0.1, 0.15) is 51.9 Å². The Balaban J connectivity index is 1.62. The van der Waals surface area contributed by atoms with E-state index < -0.39 is 11.9 Å². The van der Waals surface area contributed by atoms with Crippen LogP contribution in [0.4, 0.5) is 0 Å². The topological polar surface area (TPSA) is 124 Å². The summed E-state index contributed by atoms with van der Waals surface area (Å²) >= 11 is 0. The molecule has 10 nitrogen and oxygen atoms in total. The Morgan fingerprint density at radius 3 is 2.16 bits per heavy atom. The summed E-state index contributed by atoms with van der Waals surface area (Å²) in [5.41, 5.74) is 5.26. The molecule has 296 valence electrons. The van der Waals surface area contributed by atoms with Crippen LogP contribution in [0.5, 0.6) is 0 Å². The van der Waals surface area contributed by atoms with Crippen LogP contribution in [-0.4, -0.2) is 80.0 Å². The lowest BCUT2D eigenvalue weighted by Gasteiger charge is -2.28. The summed E-state index contributed by atoms with van der Waals surface area (Å²) in [7, 11) is 0. The van der Waals surface area contributed by atoms with Gasteiger partial charge in [0.25, 0.3) is 5.91 Å². The number of imide groups is 1. The van der Waals surface area contributed by atoms with Crippen LogP contribution in [0.2, 0.25) is 0 Å². The highest BCUT2D eigenvalue weighted by molar-refractivity contribution is 6.06. The Kier molecular flexibility index (Phi) is 21.2. The van der Waals surface area contributed by atoms with E-state index in [4.69, 9.17) is 18.9 Å². The molecule has 0 radical (unpaired) electrons. The Morgan fingerprint density at radius 2 is 1.55 bits per heavy atom. The molecule has 1 unspecified atom stereocenters. The third-order valence-corrected chi connectivity index (χ3v) is 8.55. The zero-order valence-corrected chi connectivity index (χ0v) is 32.5. The minimum atomic E-state index is -0.689. The van der Waals surface area contributed by atoms with Crippen molar-refractivity contribution in [3.8, 4) is 0 Å².